The summed E-state index contributed by atoms with van der Waals surface area (Å²) in [7, 11) is 0. The molecular weight excluding hydrogens is 406 g/mol. The number of benzene rings is 2. The third kappa shape index (κ3) is 9.44. The van der Waals surface area contributed by atoms with Crippen molar-refractivity contribution in [3.8, 4) is 0 Å². The second-order valence-corrected chi connectivity index (χ2v) is 6.43. The molecule has 0 fully saturated rings. The Bertz CT molecular complexity index is 870. The van der Waals surface area contributed by atoms with Gasteiger partial charge in [-0.1, -0.05) is 60.7 Å². The van der Waals surface area contributed by atoms with Crippen LogP contribution in [-0.2, 0) is 41.8 Å². The number of ether oxygens (including phenoxy) is 3. The van der Waals surface area contributed by atoms with E-state index in [0.29, 0.717) is 0 Å². The van der Waals surface area contributed by atoms with E-state index in [4.69, 9.17) is 14.2 Å². The number of amides is 1. The summed E-state index contributed by atoms with van der Waals surface area (Å²) in [4.78, 5) is 46.5. The smallest absolute Gasteiger partial charge is 0.408 e. The highest BCUT2D eigenvalue weighted by Gasteiger charge is 2.23. The van der Waals surface area contributed by atoms with Crippen LogP contribution in [0.15, 0.2) is 60.7 Å². The predicted molar refractivity (Wildman–Crippen MR) is 108 cm³/mol. The first-order valence-corrected chi connectivity index (χ1v) is 9.49. The van der Waals surface area contributed by atoms with E-state index in [-0.39, 0.29) is 26.1 Å². The summed E-state index contributed by atoms with van der Waals surface area (Å²) in [6.07, 6.45) is -1.45. The minimum atomic E-state index is -1.49. The van der Waals surface area contributed by atoms with Crippen molar-refractivity contribution in [1.82, 2.24) is 5.32 Å². The van der Waals surface area contributed by atoms with Crippen LogP contribution in [0.5, 0.6) is 0 Å². The maximum atomic E-state index is 11.8. The minimum absolute atomic E-state index is 0.0378. The molecule has 2 N–H and O–H groups in total. The van der Waals surface area contributed by atoms with Gasteiger partial charge in [0.25, 0.3) is 0 Å². The number of rotatable bonds is 11. The summed E-state index contributed by atoms with van der Waals surface area (Å²) in [5.41, 5.74) is 1.54. The fourth-order valence-corrected chi connectivity index (χ4v) is 2.34. The molecule has 0 unspecified atom stereocenters. The molecule has 0 heterocycles. The number of carboxylic acids is 1. The van der Waals surface area contributed by atoms with Crippen molar-refractivity contribution >= 4 is 24.0 Å². The second kappa shape index (κ2) is 12.6. The molecular formula is C22H23NO8. The summed E-state index contributed by atoms with van der Waals surface area (Å²) < 4.78 is 14.8. The lowest BCUT2D eigenvalue weighted by atomic mass is 10.2. The number of carboxylic acid groups (broad SMARTS) is 1. The first kappa shape index (κ1) is 23.4. The molecule has 0 bridgehead atoms. The number of esters is 2. The number of aliphatic carboxylic acids is 1. The van der Waals surface area contributed by atoms with Crippen molar-refractivity contribution in [1.29, 1.82) is 0 Å². The van der Waals surface area contributed by atoms with E-state index in [9.17, 15) is 24.3 Å². The Morgan fingerprint density at radius 1 is 0.742 bits per heavy atom. The van der Waals surface area contributed by atoms with Gasteiger partial charge in [-0.05, 0) is 11.1 Å². The van der Waals surface area contributed by atoms with Crippen molar-refractivity contribution in [2.45, 2.75) is 32.1 Å². The standard InChI is InChI=1S/C22H23NO8/c24-19(29-13-16-7-3-1-4-8-16)11-12-20(25)30-15-18(21(26)27)23-22(28)31-14-17-9-5-2-6-10-17/h1-10,18H,11-15H2,(H,23,28)(H,26,27)/t18-/m0/s1. The highest BCUT2D eigenvalue weighted by Crippen LogP contribution is 2.04. The van der Waals surface area contributed by atoms with E-state index < -0.39 is 36.6 Å². The molecule has 2 aromatic rings. The van der Waals surface area contributed by atoms with Crippen LogP contribution in [0.4, 0.5) is 4.79 Å². The molecule has 0 radical (unpaired) electrons. The highest BCUT2D eigenvalue weighted by atomic mass is 16.6. The van der Waals surface area contributed by atoms with Gasteiger partial charge < -0.3 is 24.6 Å². The number of nitrogens with one attached hydrogen (secondary N) is 1. The third-order valence-electron chi connectivity index (χ3n) is 3.99. The van der Waals surface area contributed by atoms with Crippen molar-refractivity contribution in [3.05, 3.63) is 71.8 Å². The summed E-state index contributed by atoms with van der Waals surface area (Å²) in [6, 6.07) is 16.4. The van der Waals surface area contributed by atoms with E-state index in [1.165, 1.54) is 0 Å². The Kier molecular flexibility index (Phi) is 9.54. The molecule has 31 heavy (non-hydrogen) atoms. The molecule has 2 aromatic carbocycles. The average molecular weight is 429 g/mol. The lowest BCUT2D eigenvalue weighted by molar-refractivity contribution is -0.153. The van der Waals surface area contributed by atoms with Gasteiger partial charge in [-0.2, -0.15) is 0 Å². The number of alkyl carbamates (subject to hydrolysis) is 1. The Hall–Kier alpha value is -3.88. The van der Waals surface area contributed by atoms with E-state index in [1.54, 1.807) is 42.5 Å². The molecule has 0 spiro atoms. The van der Waals surface area contributed by atoms with Gasteiger partial charge in [-0.3, -0.25) is 9.59 Å². The van der Waals surface area contributed by atoms with E-state index in [1.807, 2.05) is 18.2 Å². The maximum Gasteiger partial charge on any atom is 0.408 e. The van der Waals surface area contributed by atoms with Crippen LogP contribution in [0.25, 0.3) is 0 Å². The molecule has 0 aromatic heterocycles. The van der Waals surface area contributed by atoms with Crippen LogP contribution in [0, 0.1) is 0 Å². The average Bonchev–Trinajstić information content (AvgIpc) is 2.78. The molecule has 1 atom stereocenters. The molecule has 0 saturated carbocycles. The Balaban J connectivity index is 1.66. The zero-order chi connectivity index (χ0) is 22.5. The largest absolute Gasteiger partial charge is 0.480 e. The topological polar surface area (TPSA) is 128 Å². The molecule has 2 rings (SSSR count). The zero-order valence-electron chi connectivity index (χ0n) is 16.7. The van der Waals surface area contributed by atoms with Gasteiger partial charge in [0.1, 0.15) is 19.8 Å². The van der Waals surface area contributed by atoms with Gasteiger partial charge in [0.2, 0.25) is 0 Å². The van der Waals surface area contributed by atoms with Crippen LogP contribution in [0.1, 0.15) is 24.0 Å². The van der Waals surface area contributed by atoms with Gasteiger partial charge in [-0.15, -0.1) is 0 Å². The molecule has 9 heteroatoms. The number of hydrogen-bond acceptors (Lipinski definition) is 7. The summed E-state index contributed by atoms with van der Waals surface area (Å²) in [5.74, 6) is -2.77. The van der Waals surface area contributed by atoms with Crippen molar-refractivity contribution < 1.29 is 38.5 Å². The number of carbonyl (C=O) groups excluding carboxylic acids is 3. The van der Waals surface area contributed by atoms with Crippen LogP contribution in [0.2, 0.25) is 0 Å². The number of hydrogen-bond donors (Lipinski definition) is 2. The molecule has 164 valence electrons. The van der Waals surface area contributed by atoms with E-state index >= 15 is 0 Å². The normalized spacial score (nSPS) is 11.1. The quantitative estimate of drug-likeness (QED) is 0.412. The van der Waals surface area contributed by atoms with Gasteiger partial charge in [0, 0.05) is 0 Å². The lowest BCUT2D eigenvalue weighted by Gasteiger charge is -2.15. The zero-order valence-corrected chi connectivity index (χ0v) is 16.7. The van der Waals surface area contributed by atoms with E-state index in [2.05, 4.69) is 5.32 Å². The molecule has 9 nitrogen and oxygen atoms in total. The van der Waals surface area contributed by atoms with Gasteiger partial charge >= 0.3 is 24.0 Å². The van der Waals surface area contributed by atoms with E-state index in [0.717, 1.165) is 11.1 Å². The Morgan fingerprint density at radius 2 is 1.23 bits per heavy atom. The Labute approximate surface area is 178 Å². The monoisotopic (exact) mass is 429 g/mol. The first-order chi connectivity index (χ1) is 14.9. The number of carbonyl (C=O) groups is 4. The van der Waals surface area contributed by atoms with Gasteiger partial charge in [-0.25, -0.2) is 9.59 Å². The highest BCUT2D eigenvalue weighted by molar-refractivity contribution is 5.81. The van der Waals surface area contributed by atoms with Gasteiger partial charge in [0.05, 0.1) is 12.8 Å². The minimum Gasteiger partial charge on any atom is -0.480 e. The first-order valence-electron chi connectivity index (χ1n) is 9.49. The summed E-state index contributed by atoms with van der Waals surface area (Å²) in [6.45, 7) is -0.553. The van der Waals surface area contributed by atoms with Crippen LogP contribution < -0.4 is 5.32 Å². The van der Waals surface area contributed by atoms with Crippen molar-refractivity contribution in [2.24, 2.45) is 0 Å². The summed E-state index contributed by atoms with van der Waals surface area (Å²) in [5, 5.41) is 11.3. The van der Waals surface area contributed by atoms with Gasteiger partial charge in [0.15, 0.2) is 6.04 Å². The Morgan fingerprint density at radius 3 is 1.74 bits per heavy atom. The SMILES string of the molecule is O=C(CCC(=O)OC[C@H](NC(=O)OCc1ccccc1)C(=O)O)OCc1ccccc1. The molecule has 1 amide bonds. The summed E-state index contributed by atoms with van der Waals surface area (Å²) >= 11 is 0. The second-order valence-electron chi connectivity index (χ2n) is 6.43. The third-order valence-corrected chi connectivity index (χ3v) is 3.99. The molecule has 0 saturated heterocycles. The predicted octanol–water partition coefficient (Wildman–Crippen LogP) is 2.43. The van der Waals surface area contributed by atoms with Crippen LogP contribution in [0.3, 0.4) is 0 Å². The fourth-order valence-electron chi connectivity index (χ4n) is 2.34. The van der Waals surface area contributed by atoms with Crippen molar-refractivity contribution in [2.75, 3.05) is 6.61 Å². The molecule has 0 aliphatic carbocycles. The van der Waals surface area contributed by atoms with Crippen LogP contribution >= 0.6 is 0 Å². The fraction of sp³-hybridized carbons (Fsp3) is 0.273. The maximum absolute atomic E-state index is 11.8. The molecule has 0 aliphatic heterocycles. The van der Waals surface area contributed by atoms with Crippen LogP contribution in [-0.4, -0.2) is 41.8 Å². The lowest BCUT2D eigenvalue weighted by Crippen LogP contribution is -2.44. The molecule has 0 aliphatic rings. The van der Waals surface area contributed by atoms with Crippen molar-refractivity contribution in [3.63, 3.8) is 0 Å².